The van der Waals surface area contributed by atoms with Crippen molar-refractivity contribution in [3.63, 3.8) is 0 Å². The van der Waals surface area contributed by atoms with Crippen LogP contribution in [0.15, 0.2) is 0 Å². The summed E-state index contributed by atoms with van der Waals surface area (Å²) in [4.78, 5) is 0. The van der Waals surface area contributed by atoms with Gasteiger partial charge in [0.05, 0.1) is 13.2 Å². The van der Waals surface area contributed by atoms with Crippen LogP contribution in [0.4, 0.5) is 0 Å². The Morgan fingerprint density at radius 3 is 1.94 bits per heavy atom. The minimum Gasteiger partial charge on any atom is -0.379 e. The van der Waals surface area contributed by atoms with E-state index in [2.05, 4.69) is 33.0 Å². The molecule has 0 aliphatic rings. The number of unbranched alkanes of at least 4 members (excludes halogenated alkanes) is 1. The van der Waals surface area contributed by atoms with Gasteiger partial charge in [0.25, 0.3) is 0 Å². The van der Waals surface area contributed by atoms with Gasteiger partial charge in [-0.25, -0.2) is 0 Å². The van der Waals surface area contributed by atoms with E-state index in [1.54, 1.807) is 0 Å². The van der Waals surface area contributed by atoms with E-state index in [1.807, 2.05) is 0 Å². The van der Waals surface area contributed by atoms with Crippen molar-refractivity contribution in [2.45, 2.75) is 52.5 Å². The number of hydrogen-bond donors (Lipinski definition) is 1. The zero-order valence-corrected chi connectivity index (χ0v) is 11.5. The SMILES string of the molecule is CCCCOCCOCCCNC(C)(C)C. The molecule has 0 aromatic rings. The molecule has 3 heteroatoms. The van der Waals surface area contributed by atoms with Gasteiger partial charge in [0.2, 0.25) is 0 Å². The van der Waals surface area contributed by atoms with Gasteiger partial charge < -0.3 is 14.8 Å². The van der Waals surface area contributed by atoms with Crippen LogP contribution in [0.25, 0.3) is 0 Å². The maximum absolute atomic E-state index is 5.46. The molecule has 0 saturated heterocycles. The van der Waals surface area contributed by atoms with Crippen LogP contribution in [-0.4, -0.2) is 38.5 Å². The quantitative estimate of drug-likeness (QED) is 0.586. The first-order chi connectivity index (χ1) is 7.56. The Morgan fingerprint density at radius 2 is 1.44 bits per heavy atom. The smallest absolute Gasteiger partial charge is 0.0700 e. The molecule has 0 rings (SSSR count). The fraction of sp³-hybridized carbons (Fsp3) is 1.00. The minimum absolute atomic E-state index is 0.212. The molecule has 0 aliphatic heterocycles. The Kier molecular flexibility index (Phi) is 9.99. The molecule has 0 bridgehead atoms. The van der Waals surface area contributed by atoms with Crippen LogP contribution in [0.5, 0.6) is 0 Å². The molecular formula is C13H29NO2. The lowest BCUT2D eigenvalue weighted by molar-refractivity contribution is 0.0456. The van der Waals surface area contributed by atoms with Gasteiger partial charge in [0.15, 0.2) is 0 Å². The second-order valence-corrected chi connectivity index (χ2v) is 5.11. The summed E-state index contributed by atoms with van der Waals surface area (Å²) < 4.78 is 10.9. The monoisotopic (exact) mass is 231 g/mol. The minimum atomic E-state index is 0.212. The summed E-state index contributed by atoms with van der Waals surface area (Å²) in [7, 11) is 0. The van der Waals surface area contributed by atoms with Gasteiger partial charge in [0.1, 0.15) is 0 Å². The van der Waals surface area contributed by atoms with Crippen LogP contribution in [0, 0.1) is 0 Å². The second kappa shape index (κ2) is 10.1. The normalized spacial score (nSPS) is 12.0. The molecule has 0 fully saturated rings. The van der Waals surface area contributed by atoms with Crippen molar-refractivity contribution in [2.24, 2.45) is 0 Å². The van der Waals surface area contributed by atoms with Gasteiger partial charge in [-0.05, 0) is 40.2 Å². The average molecular weight is 231 g/mol. The summed E-state index contributed by atoms with van der Waals surface area (Å²) in [6.45, 7) is 12.8. The third kappa shape index (κ3) is 13.9. The van der Waals surface area contributed by atoms with E-state index < -0.39 is 0 Å². The molecule has 0 aromatic carbocycles. The van der Waals surface area contributed by atoms with Crippen LogP contribution in [0.3, 0.4) is 0 Å². The van der Waals surface area contributed by atoms with E-state index >= 15 is 0 Å². The van der Waals surface area contributed by atoms with Gasteiger partial charge >= 0.3 is 0 Å². The van der Waals surface area contributed by atoms with Gasteiger partial charge in [-0.3, -0.25) is 0 Å². The maximum atomic E-state index is 5.46. The Bertz CT molecular complexity index is 143. The number of rotatable bonds is 10. The highest BCUT2D eigenvalue weighted by Gasteiger charge is 2.06. The highest BCUT2D eigenvalue weighted by Crippen LogP contribution is 1.97. The first-order valence-electron chi connectivity index (χ1n) is 6.47. The third-order valence-corrected chi connectivity index (χ3v) is 2.14. The topological polar surface area (TPSA) is 30.5 Å². The molecule has 0 spiro atoms. The summed E-state index contributed by atoms with van der Waals surface area (Å²) in [6, 6.07) is 0. The molecule has 0 aromatic heterocycles. The van der Waals surface area contributed by atoms with Crippen LogP contribution in [-0.2, 0) is 9.47 Å². The van der Waals surface area contributed by atoms with Crippen molar-refractivity contribution < 1.29 is 9.47 Å². The highest BCUT2D eigenvalue weighted by molar-refractivity contribution is 4.69. The van der Waals surface area contributed by atoms with Crippen molar-refractivity contribution >= 4 is 0 Å². The van der Waals surface area contributed by atoms with Gasteiger partial charge in [-0.2, -0.15) is 0 Å². The standard InChI is InChI=1S/C13H29NO2/c1-5-6-9-15-11-12-16-10-7-8-14-13(2,3)4/h14H,5-12H2,1-4H3. The lowest BCUT2D eigenvalue weighted by Gasteiger charge is -2.20. The molecule has 3 nitrogen and oxygen atoms in total. The summed E-state index contributed by atoms with van der Waals surface area (Å²) in [5.74, 6) is 0. The molecule has 98 valence electrons. The second-order valence-electron chi connectivity index (χ2n) is 5.11. The first-order valence-corrected chi connectivity index (χ1v) is 6.47. The first kappa shape index (κ1) is 15.9. The van der Waals surface area contributed by atoms with Gasteiger partial charge in [0, 0.05) is 18.8 Å². The molecule has 0 atom stereocenters. The molecule has 0 saturated carbocycles. The van der Waals surface area contributed by atoms with E-state index in [0.717, 1.165) is 45.8 Å². The Balaban J connectivity index is 2.99. The van der Waals surface area contributed by atoms with Crippen molar-refractivity contribution in [2.75, 3.05) is 33.0 Å². The van der Waals surface area contributed by atoms with Crippen molar-refractivity contribution in [1.29, 1.82) is 0 Å². The maximum Gasteiger partial charge on any atom is 0.0700 e. The molecule has 0 heterocycles. The molecule has 16 heavy (non-hydrogen) atoms. The molecular weight excluding hydrogens is 202 g/mol. The van der Waals surface area contributed by atoms with Crippen molar-refractivity contribution in [3.05, 3.63) is 0 Å². The summed E-state index contributed by atoms with van der Waals surface area (Å²) in [6.07, 6.45) is 3.40. The predicted octanol–water partition coefficient (Wildman–Crippen LogP) is 2.60. The largest absolute Gasteiger partial charge is 0.379 e. The van der Waals surface area contributed by atoms with E-state index in [0.29, 0.717) is 0 Å². The van der Waals surface area contributed by atoms with E-state index in [9.17, 15) is 0 Å². The van der Waals surface area contributed by atoms with Crippen molar-refractivity contribution in [3.8, 4) is 0 Å². The highest BCUT2D eigenvalue weighted by atomic mass is 16.5. The van der Waals surface area contributed by atoms with Crippen LogP contribution in [0.2, 0.25) is 0 Å². The number of nitrogens with one attached hydrogen (secondary N) is 1. The summed E-state index contributed by atoms with van der Waals surface area (Å²) in [5, 5.41) is 3.43. The predicted molar refractivity (Wildman–Crippen MR) is 68.9 cm³/mol. The third-order valence-electron chi connectivity index (χ3n) is 2.14. The molecule has 0 amide bonds. The van der Waals surface area contributed by atoms with E-state index in [1.165, 1.54) is 6.42 Å². The number of hydrogen-bond acceptors (Lipinski definition) is 3. The summed E-state index contributed by atoms with van der Waals surface area (Å²) >= 11 is 0. The molecule has 0 aliphatic carbocycles. The molecule has 0 radical (unpaired) electrons. The van der Waals surface area contributed by atoms with Crippen LogP contribution >= 0.6 is 0 Å². The van der Waals surface area contributed by atoms with Crippen LogP contribution < -0.4 is 5.32 Å². The van der Waals surface area contributed by atoms with E-state index in [4.69, 9.17) is 9.47 Å². The molecule has 0 unspecified atom stereocenters. The Morgan fingerprint density at radius 1 is 0.875 bits per heavy atom. The summed E-state index contributed by atoms with van der Waals surface area (Å²) in [5.41, 5.74) is 0.212. The van der Waals surface area contributed by atoms with Gasteiger partial charge in [-0.15, -0.1) is 0 Å². The number of ether oxygens (including phenoxy) is 2. The van der Waals surface area contributed by atoms with Crippen LogP contribution in [0.1, 0.15) is 47.0 Å². The lowest BCUT2D eigenvalue weighted by Crippen LogP contribution is -2.36. The molecule has 1 N–H and O–H groups in total. The average Bonchev–Trinajstić information content (AvgIpc) is 2.19. The zero-order valence-electron chi connectivity index (χ0n) is 11.5. The Hall–Kier alpha value is -0.120. The fourth-order valence-corrected chi connectivity index (χ4v) is 1.21. The zero-order chi connectivity index (χ0) is 12.3. The lowest BCUT2D eigenvalue weighted by atomic mass is 10.1. The Labute approximate surface area is 101 Å². The van der Waals surface area contributed by atoms with Crippen molar-refractivity contribution in [1.82, 2.24) is 5.32 Å². The fourth-order valence-electron chi connectivity index (χ4n) is 1.21. The van der Waals surface area contributed by atoms with E-state index in [-0.39, 0.29) is 5.54 Å². The van der Waals surface area contributed by atoms with Gasteiger partial charge in [-0.1, -0.05) is 13.3 Å².